The van der Waals surface area contributed by atoms with Crippen LogP contribution in [0.1, 0.15) is 32.6 Å². The largest absolute Gasteiger partial charge is 0.384 e. The van der Waals surface area contributed by atoms with Crippen LogP contribution in [0.4, 0.5) is 0 Å². The van der Waals surface area contributed by atoms with Crippen molar-refractivity contribution in [1.82, 2.24) is 4.90 Å². The van der Waals surface area contributed by atoms with E-state index in [1.165, 1.54) is 32.2 Å². The summed E-state index contributed by atoms with van der Waals surface area (Å²) in [5, 5.41) is 0. The number of nitrogens with zero attached hydrogens (tertiary/aromatic N) is 1. The summed E-state index contributed by atoms with van der Waals surface area (Å²) in [4.78, 5) is 2.44. The quantitative estimate of drug-likeness (QED) is 0.721. The molecule has 0 aromatic carbocycles. The number of ether oxygens (including phenoxy) is 1. The zero-order valence-corrected chi connectivity index (χ0v) is 11.1. The average molecular weight is 228 g/mol. The fraction of sp³-hybridized carbons (Fsp3) is 1.00. The molecule has 0 aromatic heterocycles. The van der Waals surface area contributed by atoms with Gasteiger partial charge in [0.1, 0.15) is 0 Å². The van der Waals surface area contributed by atoms with Crippen molar-refractivity contribution in [2.75, 3.05) is 33.9 Å². The van der Waals surface area contributed by atoms with Gasteiger partial charge in [0.2, 0.25) is 0 Å². The normalized spacial score (nSPS) is 21.6. The minimum Gasteiger partial charge on any atom is -0.384 e. The molecule has 0 aliphatic heterocycles. The van der Waals surface area contributed by atoms with Gasteiger partial charge in [0, 0.05) is 26.2 Å². The minimum absolute atomic E-state index is 0.459. The first kappa shape index (κ1) is 13.9. The van der Waals surface area contributed by atoms with Gasteiger partial charge in [-0.15, -0.1) is 0 Å². The Morgan fingerprint density at radius 1 is 1.38 bits per heavy atom. The van der Waals surface area contributed by atoms with Crippen LogP contribution in [-0.2, 0) is 4.74 Å². The maximum atomic E-state index is 5.88. The third-order valence-corrected chi connectivity index (χ3v) is 3.91. The summed E-state index contributed by atoms with van der Waals surface area (Å²) in [5.74, 6) is 1.41. The molecule has 0 bridgehead atoms. The van der Waals surface area contributed by atoms with E-state index < -0.39 is 0 Å². The van der Waals surface area contributed by atoms with Crippen LogP contribution in [0.5, 0.6) is 0 Å². The summed E-state index contributed by atoms with van der Waals surface area (Å²) >= 11 is 0. The second-order valence-electron chi connectivity index (χ2n) is 5.33. The average Bonchev–Trinajstić information content (AvgIpc) is 2.71. The molecular formula is C13H28N2O. The number of nitrogens with two attached hydrogens (primary N) is 1. The van der Waals surface area contributed by atoms with Crippen molar-refractivity contribution in [2.24, 2.45) is 17.6 Å². The van der Waals surface area contributed by atoms with Crippen molar-refractivity contribution >= 4 is 0 Å². The molecule has 2 unspecified atom stereocenters. The summed E-state index contributed by atoms with van der Waals surface area (Å²) in [6.45, 7) is 4.96. The molecule has 1 fully saturated rings. The van der Waals surface area contributed by atoms with E-state index in [-0.39, 0.29) is 0 Å². The number of methoxy groups -OCH3 is 1. The molecule has 1 saturated carbocycles. The Kier molecular flexibility index (Phi) is 6.32. The van der Waals surface area contributed by atoms with Crippen molar-refractivity contribution < 1.29 is 4.74 Å². The van der Waals surface area contributed by atoms with Gasteiger partial charge in [-0.25, -0.2) is 0 Å². The first-order valence-electron chi connectivity index (χ1n) is 6.58. The van der Waals surface area contributed by atoms with Crippen molar-refractivity contribution in [1.29, 1.82) is 0 Å². The minimum atomic E-state index is 0.459. The van der Waals surface area contributed by atoms with Crippen LogP contribution < -0.4 is 5.73 Å². The topological polar surface area (TPSA) is 38.5 Å². The van der Waals surface area contributed by atoms with E-state index in [1.54, 1.807) is 7.11 Å². The van der Waals surface area contributed by atoms with E-state index >= 15 is 0 Å². The Hall–Kier alpha value is -0.120. The lowest BCUT2D eigenvalue weighted by atomic mass is 9.99. The number of hydrogen-bond donors (Lipinski definition) is 1. The predicted octanol–water partition coefficient (Wildman–Crippen LogP) is 1.72. The van der Waals surface area contributed by atoms with Gasteiger partial charge in [-0.1, -0.05) is 19.8 Å². The number of hydrogen-bond acceptors (Lipinski definition) is 3. The van der Waals surface area contributed by atoms with Gasteiger partial charge in [-0.2, -0.15) is 0 Å². The summed E-state index contributed by atoms with van der Waals surface area (Å²) in [6, 6.07) is 0.459. The first-order valence-corrected chi connectivity index (χ1v) is 6.58. The molecule has 0 aromatic rings. The Labute approximate surface area is 100 Å². The molecule has 2 N–H and O–H groups in total. The first-order chi connectivity index (χ1) is 7.69. The molecule has 0 amide bonds. The van der Waals surface area contributed by atoms with Gasteiger partial charge >= 0.3 is 0 Å². The summed E-state index contributed by atoms with van der Waals surface area (Å²) in [6.07, 6.45) is 5.64. The van der Waals surface area contributed by atoms with Gasteiger partial charge in [0.05, 0.1) is 6.61 Å². The Morgan fingerprint density at radius 2 is 2.00 bits per heavy atom. The molecule has 16 heavy (non-hydrogen) atoms. The SMILES string of the molecule is COCC(C)C(CN)N(C)CC1CCCC1. The second kappa shape index (κ2) is 7.25. The van der Waals surface area contributed by atoms with Crippen LogP contribution in [0.3, 0.4) is 0 Å². The predicted molar refractivity (Wildman–Crippen MR) is 68.5 cm³/mol. The van der Waals surface area contributed by atoms with Crippen LogP contribution in [0.25, 0.3) is 0 Å². The van der Waals surface area contributed by atoms with Crippen molar-refractivity contribution in [2.45, 2.75) is 38.6 Å². The van der Waals surface area contributed by atoms with Gasteiger partial charge in [-0.3, -0.25) is 0 Å². The van der Waals surface area contributed by atoms with Crippen LogP contribution in [0.15, 0.2) is 0 Å². The lowest BCUT2D eigenvalue weighted by Crippen LogP contribution is -2.45. The monoisotopic (exact) mass is 228 g/mol. The van der Waals surface area contributed by atoms with Crippen LogP contribution in [0.2, 0.25) is 0 Å². The zero-order chi connectivity index (χ0) is 12.0. The van der Waals surface area contributed by atoms with Crippen molar-refractivity contribution in [3.8, 4) is 0 Å². The summed E-state index contributed by atoms with van der Waals surface area (Å²) in [7, 11) is 3.98. The fourth-order valence-corrected chi connectivity index (χ4v) is 2.96. The molecule has 1 aliphatic carbocycles. The highest BCUT2D eigenvalue weighted by Gasteiger charge is 2.24. The standard InChI is InChI=1S/C13H28N2O/c1-11(10-16-3)13(8-14)15(2)9-12-6-4-5-7-12/h11-13H,4-10,14H2,1-3H3. The van der Waals surface area contributed by atoms with Crippen LogP contribution >= 0.6 is 0 Å². The smallest absolute Gasteiger partial charge is 0.0503 e. The molecule has 1 aliphatic rings. The molecule has 0 radical (unpaired) electrons. The van der Waals surface area contributed by atoms with E-state index in [4.69, 9.17) is 10.5 Å². The van der Waals surface area contributed by atoms with Crippen molar-refractivity contribution in [3.63, 3.8) is 0 Å². The Balaban J connectivity index is 2.37. The lowest BCUT2D eigenvalue weighted by Gasteiger charge is -2.33. The summed E-state index contributed by atoms with van der Waals surface area (Å²) in [5.41, 5.74) is 5.88. The molecule has 0 saturated heterocycles. The maximum Gasteiger partial charge on any atom is 0.0503 e. The molecule has 0 spiro atoms. The van der Waals surface area contributed by atoms with Gasteiger partial charge in [-0.05, 0) is 31.7 Å². The van der Waals surface area contributed by atoms with Crippen LogP contribution in [-0.4, -0.2) is 44.8 Å². The third kappa shape index (κ3) is 4.04. The third-order valence-electron chi connectivity index (χ3n) is 3.91. The molecule has 96 valence electrons. The number of likely N-dealkylation sites (N-methyl/N-ethyl adjacent to an activating group) is 1. The molecule has 3 nitrogen and oxygen atoms in total. The number of rotatable bonds is 7. The highest BCUT2D eigenvalue weighted by atomic mass is 16.5. The van der Waals surface area contributed by atoms with E-state index in [0.717, 1.165) is 19.1 Å². The Morgan fingerprint density at radius 3 is 2.50 bits per heavy atom. The van der Waals surface area contributed by atoms with E-state index in [0.29, 0.717) is 12.0 Å². The van der Waals surface area contributed by atoms with E-state index in [9.17, 15) is 0 Å². The molecular weight excluding hydrogens is 200 g/mol. The summed E-state index contributed by atoms with van der Waals surface area (Å²) < 4.78 is 5.22. The van der Waals surface area contributed by atoms with E-state index in [2.05, 4.69) is 18.9 Å². The van der Waals surface area contributed by atoms with Crippen molar-refractivity contribution in [3.05, 3.63) is 0 Å². The second-order valence-corrected chi connectivity index (χ2v) is 5.33. The van der Waals surface area contributed by atoms with Crippen LogP contribution in [0, 0.1) is 11.8 Å². The Bertz CT molecular complexity index is 181. The van der Waals surface area contributed by atoms with Gasteiger partial charge in [0.25, 0.3) is 0 Å². The lowest BCUT2D eigenvalue weighted by molar-refractivity contribution is 0.0908. The maximum absolute atomic E-state index is 5.88. The highest BCUT2D eigenvalue weighted by molar-refractivity contribution is 4.79. The highest BCUT2D eigenvalue weighted by Crippen LogP contribution is 2.26. The van der Waals surface area contributed by atoms with Gasteiger partial charge in [0.15, 0.2) is 0 Å². The molecule has 0 heterocycles. The fourth-order valence-electron chi connectivity index (χ4n) is 2.96. The zero-order valence-electron chi connectivity index (χ0n) is 11.1. The van der Waals surface area contributed by atoms with Gasteiger partial charge < -0.3 is 15.4 Å². The molecule has 3 heteroatoms. The molecule has 1 rings (SSSR count). The van der Waals surface area contributed by atoms with E-state index in [1.807, 2.05) is 0 Å². The molecule has 2 atom stereocenters.